The van der Waals surface area contributed by atoms with Gasteiger partial charge in [-0.15, -0.1) is 12.4 Å². The second-order valence-electron chi connectivity index (χ2n) is 3.50. The maximum Gasteiger partial charge on any atom is 0.129 e. The van der Waals surface area contributed by atoms with E-state index >= 15 is 0 Å². The normalized spacial score (nSPS) is 19.9. The van der Waals surface area contributed by atoms with E-state index in [1.807, 2.05) is 12.3 Å². The maximum atomic E-state index is 5.46. The zero-order valence-corrected chi connectivity index (χ0v) is 9.37. The van der Waals surface area contributed by atoms with Gasteiger partial charge in [0.05, 0.1) is 6.61 Å². The van der Waals surface area contributed by atoms with Gasteiger partial charge in [0.15, 0.2) is 0 Å². The van der Waals surface area contributed by atoms with E-state index in [1.165, 1.54) is 0 Å². The van der Waals surface area contributed by atoms with Crippen molar-refractivity contribution in [1.82, 2.24) is 9.97 Å². The molecule has 1 fully saturated rings. The Bertz CT molecular complexity index is 302. The Kier molecular flexibility index (Phi) is 4.94. The van der Waals surface area contributed by atoms with Crippen molar-refractivity contribution in [2.75, 3.05) is 19.8 Å². The number of aromatic nitrogens is 2. The molecular formula is C10H16ClN3O. The van der Waals surface area contributed by atoms with Crippen LogP contribution in [-0.2, 0) is 11.2 Å². The molecule has 1 atom stereocenters. The predicted molar refractivity (Wildman–Crippen MR) is 60.2 cm³/mol. The molecule has 4 nitrogen and oxygen atoms in total. The van der Waals surface area contributed by atoms with Gasteiger partial charge in [-0.05, 0) is 19.0 Å². The molecule has 2 rings (SSSR count). The molecule has 15 heavy (non-hydrogen) atoms. The monoisotopic (exact) mass is 229 g/mol. The van der Waals surface area contributed by atoms with Gasteiger partial charge in [0.2, 0.25) is 0 Å². The molecular weight excluding hydrogens is 214 g/mol. The van der Waals surface area contributed by atoms with Crippen LogP contribution in [0.4, 0.5) is 0 Å². The van der Waals surface area contributed by atoms with Crippen molar-refractivity contribution in [3.05, 3.63) is 23.8 Å². The third-order valence-electron chi connectivity index (χ3n) is 2.44. The van der Waals surface area contributed by atoms with Crippen LogP contribution in [0.25, 0.3) is 0 Å². The number of halogens is 1. The zero-order chi connectivity index (χ0) is 9.80. The second kappa shape index (κ2) is 6.00. The van der Waals surface area contributed by atoms with Gasteiger partial charge in [-0.3, -0.25) is 0 Å². The van der Waals surface area contributed by atoms with Crippen LogP contribution in [0, 0.1) is 0 Å². The molecule has 1 aromatic heterocycles. The van der Waals surface area contributed by atoms with Crippen molar-refractivity contribution in [2.45, 2.75) is 18.8 Å². The highest BCUT2D eigenvalue weighted by atomic mass is 35.5. The molecule has 1 aliphatic rings. The minimum atomic E-state index is 0. The van der Waals surface area contributed by atoms with E-state index < -0.39 is 0 Å². The van der Waals surface area contributed by atoms with E-state index in [9.17, 15) is 0 Å². The zero-order valence-electron chi connectivity index (χ0n) is 8.56. The van der Waals surface area contributed by atoms with Crippen LogP contribution in [0.5, 0.6) is 0 Å². The standard InChI is InChI=1S/C10H15N3O.ClH/c11-4-1-10-12-5-2-9(13-10)8-3-6-14-7-8;/h2,5,8H,1,3-4,6-7,11H2;1H. The molecule has 0 aliphatic carbocycles. The van der Waals surface area contributed by atoms with E-state index in [4.69, 9.17) is 10.5 Å². The van der Waals surface area contributed by atoms with Crippen molar-refractivity contribution >= 4 is 12.4 Å². The van der Waals surface area contributed by atoms with Crippen LogP contribution >= 0.6 is 12.4 Å². The fourth-order valence-corrected chi connectivity index (χ4v) is 1.66. The Hall–Kier alpha value is -0.710. The first-order chi connectivity index (χ1) is 6.90. The Labute approximate surface area is 95.7 Å². The van der Waals surface area contributed by atoms with Crippen molar-refractivity contribution in [2.24, 2.45) is 5.73 Å². The van der Waals surface area contributed by atoms with Gasteiger partial charge in [-0.25, -0.2) is 9.97 Å². The molecule has 0 spiro atoms. The average molecular weight is 230 g/mol. The summed E-state index contributed by atoms with van der Waals surface area (Å²) >= 11 is 0. The summed E-state index contributed by atoms with van der Waals surface area (Å²) in [5.74, 6) is 1.30. The molecule has 0 aromatic carbocycles. The summed E-state index contributed by atoms with van der Waals surface area (Å²) in [6.45, 7) is 2.24. The fraction of sp³-hybridized carbons (Fsp3) is 0.600. The first-order valence-corrected chi connectivity index (χ1v) is 5.00. The molecule has 5 heteroatoms. The summed E-state index contributed by atoms with van der Waals surface area (Å²) in [5, 5.41) is 0. The lowest BCUT2D eigenvalue weighted by atomic mass is 10.1. The van der Waals surface area contributed by atoms with Crippen LogP contribution < -0.4 is 5.73 Å². The smallest absolute Gasteiger partial charge is 0.129 e. The van der Waals surface area contributed by atoms with Crippen molar-refractivity contribution in [1.29, 1.82) is 0 Å². The summed E-state index contributed by atoms with van der Waals surface area (Å²) in [6, 6.07) is 1.97. The molecule has 2 heterocycles. The highest BCUT2D eigenvalue weighted by Gasteiger charge is 2.19. The van der Waals surface area contributed by atoms with Crippen LogP contribution in [-0.4, -0.2) is 29.7 Å². The number of hydrogen-bond donors (Lipinski definition) is 1. The van der Waals surface area contributed by atoms with Gasteiger partial charge < -0.3 is 10.5 Å². The lowest BCUT2D eigenvalue weighted by Gasteiger charge is -2.07. The summed E-state index contributed by atoms with van der Waals surface area (Å²) in [5.41, 5.74) is 6.56. The summed E-state index contributed by atoms with van der Waals surface area (Å²) in [6.07, 6.45) is 3.63. The summed E-state index contributed by atoms with van der Waals surface area (Å²) < 4.78 is 5.33. The van der Waals surface area contributed by atoms with E-state index in [0.717, 1.165) is 37.6 Å². The number of hydrogen-bond acceptors (Lipinski definition) is 4. The molecule has 0 radical (unpaired) electrons. The number of rotatable bonds is 3. The molecule has 1 aromatic rings. The van der Waals surface area contributed by atoms with Gasteiger partial charge in [-0.1, -0.05) is 0 Å². The van der Waals surface area contributed by atoms with Gasteiger partial charge in [0.1, 0.15) is 5.82 Å². The highest BCUT2D eigenvalue weighted by Crippen LogP contribution is 2.22. The van der Waals surface area contributed by atoms with Crippen molar-refractivity contribution in [3.8, 4) is 0 Å². The Balaban J connectivity index is 0.00000112. The first kappa shape index (κ1) is 12.4. The SMILES string of the molecule is Cl.NCCc1nccc(C2CCOC2)n1. The lowest BCUT2D eigenvalue weighted by Crippen LogP contribution is -2.09. The molecule has 0 bridgehead atoms. The Morgan fingerprint density at radius 1 is 1.53 bits per heavy atom. The molecule has 2 N–H and O–H groups in total. The number of ether oxygens (including phenoxy) is 1. The molecule has 0 amide bonds. The van der Waals surface area contributed by atoms with E-state index in [1.54, 1.807) is 0 Å². The van der Waals surface area contributed by atoms with E-state index in [2.05, 4.69) is 9.97 Å². The van der Waals surface area contributed by atoms with Crippen molar-refractivity contribution < 1.29 is 4.74 Å². The first-order valence-electron chi connectivity index (χ1n) is 5.00. The van der Waals surface area contributed by atoms with Gasteiger partial charge in [0, 0.05) is 30.8 Å². The van der Waals surface area contributed by atoms with Crippen LogP contribution in [0.15, 0.2) is 12.3 Å². The third-order valence-corrected chi connectivity index (χ3v) is 2.44. The lowest BCUT2D eigenvalue weighted by molar-refractivity contribution is 0.193. The third kappa shape index (κ3) is 3.12. The largest absolute Gasteiger partial charge is 0.381 e. The molecule has 1 aliphatic heterocycles. The second-order valence-corrected chi connectivity index (χ2v) is 3.50. The molecule has 1 saturated heterocycles. The van der Waals surface area contributed by atoms with Crippen LogP contribution in [0.1, 0.15) is 23.9 Å². The Morgan fingerprint density at radius 3 is 3.07 bits per heavy atom. The minimum absolute atomic E-state index is 0. The van der Waals surface area contributed by atoms with E-state index in [-0.39, 0.29) is 12.4 Å². The quantitative estimate of drug-likeness (QED) is 0.837. The number of nitrogens with two attached hydrogens (primary N) is 1. The topological polar surface area (TPSA) is 61.0 Å². The maximum absolute atomic E-state index is 5.46. The summed E-state index contributed by atoms with van der Waals surface area (Å²) in [7, 11) is 0. The summed E-state index contributed by atoms with van der Waals surface area (Å²) in [4.78, 5) is 8.64. The molecule has 1 unspecified atom stereocenters. The van der Waals surface area contributed by atoms with Crippen LogP contribution in [0.2, 0.25) is 0 Å². The fourth-order valence-electron chi connectivity index (χ4n) is 1.66. The van der Waals surface area contributed by atoms with E-state index in [0.29, 0.717) is 12.5 Å². The van der Waals surface area contributed by atoms with Gasteiger partial charge >= 0.3 is 0 Å². The van der Waals surface area contributed by atoms with Gasteiger partial charge in [0.25, 0.3) is 0 Å². The molecule has 84 valence electrons. The van der Waals surface area contributed by atoms with Crippen molar-refractivity contribution in [3.63, 3.8) is 0 Å². The van der Waals surface area contributed by atoms with Gasteiger partial charge in [-0.2, -0.15) is 0 Å². The average Bonchev–Trinajstić information content (AvgIpc) is 2.71. The minimum Gasteiger partial charge on any atom is -0.381 e. The predicted octanol–water partition coefficient (Wildman–Crippen LogP) is 0.903. The highest BCUT2D eigenvalue weighted by molar-refractivity contribution is 5.85. The molecule has 0 saturated carbocycles. The Morgan fingerprint density at radius 2 is 2.40 bits per heavy atom. The van der Waals surface area contributed by atoms with Crippen LogP contribution in [0.3, 0.4) is 0 Å². The number of nitrogens with zero attached hydrogens (tertiary/aromatic N) is 2.